The molecule has 8 atom stereocenters. The number of thiazole rings is 1. The number of halogens is 1. The molecule has 5 fully saturated rings. The average molecular weight is 1070 g/mol. The van der Waals surface area contributed by atoms with Crippen molar-refractivity contribution in [2.24, 2.45) is 17.8 Å². The summed E-state index contributed by atoms with van der Waals surface area (Å²) in [5, 5.41) is 7.55. The molecule has 2 aromatic carbocycles. The molecule has 6 aromatic rings. The minimum absolute atomic E-state index is 0.0213. The molecule has 8 heterocycles. The molecule has 77 heavy (non-hydrogen) atoms. The number of carbonyl (C=O) groups is 4. The molecule has 2 aliphatic carbocycles. The number of rotatable bonds is 12. The number of nitrogens with one attached hydrogen (secondary N) is 4. The van der Waals surface area contributed by atoms with Gasteiger partial charge in [0.25, 0.3) is 0 Å². The molecule has 0 bridgehead atoms. The topological polar surface area (TPSA) is 211 Å². The summed E-state index contributed by atoms with van der Waals surface area (Å²) in [4.78, 5) is 79.8. The van der Waals surface area contributed by atoms with E-state index in [4.69, 9.17) is 33.9 Å². The van der Waals surface area contributed by atoms with Crippen LogP contribution in [0.1, 0.15) is 139 Å². The summed E-state index contributed by atoms with van der Waals surface area (Å²) in [5.41, 5.74) is 4.15. The fraction of sp³-hybridized carbons (Fsp3) is 0.526. The Morgan fingerprint density at radius 1 is 0.844 bits per heavy atom. The summed E-state index contributed by atoms with van der Waals surface area (Å²) in [5.74, 6) is 0.870. The van der Waals surface area contributed by atoms with Gasteiger partial charge in [0.05, 0.1) is 82.3 Å². The van der Waals surface area contributed by atoms with Crippen molar-refractivity contribution in [3.05, 3.63) is 82.3 Å². The number of piperidine rings is 1. The smallest absolute Gasteiger partial charge is 0.407 e. The van der Waals surface area contributed by atoms with Crippen LogP contribution in [0, 0.1) is 23.6 Å². The monoisotopic (exact) mass is 1070 g/mol. The van der Waals surface area contributed by atoms with Gasteiger partial charge in [-0.25, -0.2) is 28.9 Å². The lowest BCUT2D eigenvalue weighted by Gasteiger charge is -2.40. The van der Waals surface area contributed by atoms with E-state index in [-0.39, 0.29) is 47.2 Å². The van der Waals surface area contributed by atoms with Crippen molar-refractivity contribution in [1.82, 2.24) is 49.9 Å². The molecule has 6 aliphatic rings. The van der Waals surface area contributed by atoms with Gasteiger partial charge in [-0.1, -0.05) is 39.7 Å². The van der Waals surface area contributed by atoms with Gasteiger partial charge in [0.2, 0.25) is 18.0 Å². The summed E-state index contributed by atoms with van der Waals surface area (Å²) in [7, 11) is 2.58. The van der Waals surface area contributed by atoms with Crippen LogP contribution in [0.25, 0.3) is 44.7 Å². The minimum Gasteiger partial charge on any atom is -0.464 e. The molecule has 20 heteroatoms. The lowest BCUT2D eigenvalue weighted by atomic mass is 9.82. The number of ether oxygens (including phenoxy) is 4. The van der Waals surface area contributed by atoms with E-state index in [0.29, 0.717) is 78.2 Å². The van der Waals surface area contributed by atoms with E-state index in [1.54, 1.807) is 22.4 Å². The number of H-pyrrole nitrogens is 2. The Morgan fingerprint density at radius 2 is 1.57 bits per heavy atom. The van der Waals surface area contributed by atoms with E-state index in [0.717, 1.165) is 77.0 Å². The molecule has 4 amide bonds. The highest BCUT2D eigenvalue weighted by atomic mass is 32.1. The largest absolute Gasteiger partial charge is 0.464 e. The molecule has 3 unspecified atom stereocenters. The maximum atomic E-state index is 17.2. The van der Waals surface area contributed by atoms with Gasteiger partial charge in [-0.05, 0) is 113 Å². The van der Waals surface area contributed by atoms with Crippen LogP contribution in [0.3, 0.4) is 0 Å². The number of nitrogens with zero attached hydrogens (tertiary/aromatic N) is 6. The molecule has 0 radical (unpaired) electrons. The van der Waals surface area contributed by atoms with Crippen molar-refractivity contribution < 1.29 is 42.5 Å². The second kappa shape index (κ2) is 19.6. The van der Waals surface area contributed by atoms with Crippen molar-refractivity contribution in [2.75, 3.05) is 27.4 Å². The maximum absolute atomic E-state index is 17.2. The molecule has 4 N–H and O–H groups in total. The van der Waals surface area contributed by atoms with E-state index in [1.165, 1.54) is 20.3 Å². The van der Waals surface area contributed by atoms with Gasteiger partial charge in [0.15, 0.2) is 0 Å². The second-order valence-electron chi connectivity index (χ2n) is 23.3. The quantitative estimate of drug-likeness (QED) is 0.0906. The first-order chi connectivity index (χ1) is 37.0. The predicted octanol–water partition coefficient (Wildman–Crippen LogP) is 10.1. The van der Waals surface area contributed by atoms with Crippen LogP contribution >= 0.6 is 11.3 Å². The number of imidazole rings is 2. The normalized spacial score (nSPS) is 24.7. The Kier molecular flexibility index (Phi) is 13.0. The van der Waals surface area contributed by atoms with Crippen molar-refractivity contribution in [3.8, 4) is 39.5 Å². The van der Waals surface area contributed by atoms with Gasteiger partial charge >= 0.3 is 12.2 Å². The zero-order chi connectivity index (χ0) is 53.7. The highest BCUT2D eigenvalue weighted by Crippen LogP contribution is 2.54. The number of hydrogen-bond donors (Lipinski definition) is 4. The third kappa shape index (κ3) is 9.21. The zero-order valence-electron chi connectivity index (χ0n) is 44.6. The van der Waals surface area contributed by atoms with E-state index in [9.17, 15) is 19.2 Å². The molecule has 12 rings (SSSR count). The molecule has 4 aromatic heterocycles. The van der Waals surface area contributed by atoms with E-state index < -0.39 is 41.9 Å². The third-order valence-electron chi connectivity index (χ3n) is 17.3. The fourth-order valence-electron chi connectivity index (χ4n) is 13.1. The molecule has 4 aliphatic heterocycles. The number of benzene rings is 2. The number of fused-ring (bicyclic) bond motifs is 6. The van der Waals surface area contributed by atoms with Gasteiger partial charge in [0, 0.05) is 47.3 Å². The molecule has 0 spiro atoms. The van der Waals surface area contributed by atoms with Crippen LogP contribution in [-0.2, 0) is 29.2 Å². The van der Waals surface area contributed by atoms with Crippen LogP contribution in [0.4, 0.5) is 14.0 Å². The van der Waals surface area contributed by atoms with Crippen molar-refractivity contribution in [1.29, 1.82) is 0 Å². The SMILES string of the molecule is COC(=O)NC(C(=O)N1[C@@H]2C[C@@H]2C[C@H]1c1ncc(-c2ccc3c(c2)cc2n3C(c3cnc(C4(C)CCCC4)s3)Oc3cc(-c4cnc([C@@H]5CCCN5C(=O)[C@@H](NC(=O)OC)C(C)C)[nH]4)cc(F)c3-2)[nH]1)C1CCOC(C)(C)C1. The molecule has 406 valence electrons. The highest BCUT2D eigenvalue weighted by Gasteiger charge is 2.57. The molecular formula is C57H67FN10O8S. The van der Waals surface area contributed by atoms with Gasteiger partial charge in [-0.3, -0.25) is 14.2 Å². The Labute approximate surface area is 450 Å². The first-order valence-electron chi connectivity index (χ1n) is 27.2. The van der Waals surface area contributed by atoms with Gasteiger partial charge in [-0.15, -0.1) is 11.3 Å². The molecular weight excluding hydrogens is 1000 g/mol. The van der Waals surface area contributed by atoms with Crippen LogP contribution < -0.4 is 15.4 Å². The number of carbonyl (C=O) groups excluding carboxylic acids is 4. The number of likely N-dealkylation sites (tertiary alicyclic amines) is 2. The Hall–Kier alpha value is -6.80. The first kappa shape index (κ1) is 51.0. The minimum atomic E-state index is -0.778. The number of amides is 4. The lowest BCUT2D eigenvalue weighted by molar-refractivity contribution is -0.140. The van der Waals surface area contributed by atoms with Crippen LogP contribution in [-0.4, -0.2) is 114 Å². The van der Waals surface area contributed by atoms with Crippen molar-refractivity contribution >= 4 is 46.2 Å². The van der Waals surface area contributed by atoms with E-state index in [1.807, 2.05) is 69.3 Å². The van der Waals surface area contributed by atoms with E-state index >= 15 is 4.39 Å². The average Bonchev–Trinajstić information content (AvgIpc) is 4.33. The third-order valence-corrected chi connectivity index (χ3v) is 18.6. The van der Waals surface area contributed by atoms with Gasteiger partial charge in [-0.2, -0.15) is 0 Å². The predicted molar refractivity (Wildman–Crippen MR) is 285 cm³/mol. The number of methoxy groups -OCH3 is 2. The van der Waals surface area contributed by atoms with E-state index in [2.05, 4.69) is 38.2 Å². The summed E-state index contributed by atoms with van der Waals surface area (Å²) in [6, 6.07) is 9.38. The lowest BCUT2D eigenvalue weighted by Crippen LogP contribution is -2.55. The maximum Gasteiger partial charge on any atom is 0.407 e. The summed E-state index contributed by atoms with van der Waals surface area (Å²) < 4.78 is 42.1. The highest BCUT2D eigenvalue weighted by molar-refractivity contribution is 7.11. The van der Waals surface area contributed by atoms with Crippen molar-refractivity contribution in [3.63, 3.8) is 0 Å². The Balaban J connectivity index is 0.863. The first-order valence-corrected chi connectivity index (χ1v) is 28.0. The number of aromatic amines is 2. The van der Waals surface area contributed by atoms with Crippen molar-refractivity contribution in [2.45, 2.75) is 146 Å². The second-order valence-corrected chi connectivity index (χ2v) is 24.3. The molecule has 3 saturated heterocycles. The summed E-state index contributed by atoms with van der Waals surface area (Å²) >= 11 is 1.65. The number of aromatic nitrogens is 6. The summed E-state index contributed by atoms with van der Waals surface area (Å²) in [6.45, 7) is 11.1. The number of alkyl carbamates (subject to hydrolysis) is 2. The standard InChI is InChI=1S/C57H67FN10O8S/c1-29(2)46(64-54(71)73-6)50(69)66-17-10-11-39(66)48-59-27-37(63-48)32-20-35(58)45-41-22-33-19-30(12-13-38(33)68(41)52(76-43(45)24-32)44-28-61-53(77-44)57(5)15-8-9-16-57)36-26-60-49(62-36)42-23-34-21-40(34)67(42)51(70)47(65-55(72)74-7)31-14-18-75-56(3,4)25-31/h12-13,19-20,22,24,26-29,31,34,39-40,42,46-47,52H,8-11,14-18,21,23,25H2,1-7H3,(H,59,63)(H,60,62)(H,64,71)(H,65,72)/t31?,34-,39+,40-,42+,46+,47?,52?/m1/s1. The Morgan fingerprint density at radius 3 is 2.30 bits per heavy atom. The molecule has 18 nitrogen and oxygen atoms in total. The molecule has 2 saturated carbocycles. The van der Waals surface area contributed by atoms with Crippen LogP contribution in [0.2, 0.25) is 0 Å². The number of hydrogen-bond acceptors (Lipinski definition) is 12. The van der Waals surface area contributed by atoms with Gasteiger partial charge in [0.1, 0.15) is 35.3 Å². The Bertz CT molecular complexity index is 3280. The van der Waals surface area contributed by atoms with Crippen LogP contribution in [0.15, 0.2) is 55.0 Å². The van der Waals surface area contributed by atoms with Crippen LogP contribution in [0.5, 0.6) is 5.75 Å². The van der Waals surface area contributed by atoms with Gasteiger partial charge < -0.3 is 49.3 Å². The summed E-state index contributed by atoms with van der Waals surface area (Å²) in [6.07, 6.45) is 12.2. The fourth-order valence-corrected chi connectivity index (χ4v) is 14.3. The zero-order valence-corrected chi connectivity index (χ0v) is 45.4.